The summed E-state index contributed by atoms with van der Waals surface area (Å²) in [5.41, 5.74) is 0. The first kappa shape index (κ1) is 23.6. The normalized spacial score (nSPS) is 11.0. The first-order valence-electron chi connectivity index (χ1n) is 9.83. The summed E-state index contributed by atoms with van der Waals surface area (Å²) in [6, 6.07) is 16.7. The second kappa shape index (κ2) is 10.1. The topological polar surface area (TPSA) is 55.4 Å². The van der Waals surface area contributed by atoms with Crippen molar-refractivity contribution in [2.75, 3.05) is 42.7 Å². The molecule has 0 amide bonds. The molecule has 0 heterocycles. The largest absolute Gasteiger partial charge is 0.497 e. The zero-order valence-corrected chi connectivity index (χ0v) is 20.8. The van der Waals surface area contributed by atoms with Gasteiger partial charge in [-0.25, -0.2) is 0 Å². The molecule has 0 aromatic heterocycles. The number of methoxy groups -OCH3 is 6. The van der Waals surface area contributed by atoms with Crippen LogP contribution in [0.2, 0.25) is 0 Å². The molecule has 0 saturated heterocycles. The molecule has 0 aliphatic heterocycles. The summed E-state index contributed by atoms with van der Waals surface area (Å²) in [4.78, 5) is 0. The molecule has 0 atom stereocenters. The van der Waals surface area contributed by atoms with Crippen LogP contribution in [0.1, 0.15) is 0 Å². The average Bonchev–Trinajstić information content (AvgIpc) is 2.86. The van der Waals surface area contributed by atoms with Crippen LogP contribution in [0.4, 0.5) is 0 Å². The van der Waals surface area contributed by atoms with E-state index in [0.717, 1.165) is 15.6 Å². The van der Waals surface area contributed by atoms with E-state index in [2.05, 4.69) is 0 Å². The number of halogens is 1. The molecule has 3 aromatic carbocycles. The zero-order valence-electron chi connectivity index (χ0n) is 19.0. The smallest absolute Gasteiger partial charge is 0.259 e. The van der Waals surface area contributed by atoms with Crippen molar-refractivity contribution in [2.45, 2.75) is 0 Å². The summed E-state index contributed by atoms with van der Waals surface area (Å²) in [5, 5.41) is 2.33. The fourth-order valence-corrected chi connectivity index (χ4v) is 8.48. The monoisotopic (exact) mass is 474 g/mol. The molecular formula is C24H27ClO6Si. The average molecular weight is 475 g/mol. The number of ether oxygens (including phenoxy) is 6. The predicted molar refractivity (Wildman–Crippen MR) is 129 cm³/mol. The Morgan fingerprint density at radius 1 is 0.469 bits per heavy atom. The van der Waals surface area contributed by atoms with Crippen molar-refractivity contribution in [2.24, 2.45) is 0 Å². The van der Waals surface area contributed by atoms with Crippen LogP contribution in [0.25, 0.3) is 0 Å². The van der Waals surface area contributed by atoms with Crippen molar-refractivity contribution in [1.82, 2.24) is 0 Å². The van der Waals surface area contributed by atoms with Gasteiger partial charge >= 0.3 is 0 Å². The van der Waals surface area contributed by atoms with E-state index in [4.69, 9.17) is 39.5 Å². The molecule has 0 N–H and O–H groups in total. The molecule has 0 aliphatic rings. The Bertz CT molecular complexity index is 953. The maximum Gasteiger partial charge on any atom is 0.259 e. The highest BCUT2D eigenvalue weighted by molar-refractivity contribution is 7.41. The van der Waals surface area contributed by atoms with E-state index in [0.29, 0.717) is 34.5 Å². The van der Waals surface area contributed by atoms with Crippen molar-refractivity contribution in [1.29, 1.82) is 0 Å². The highest BCUT2D eigenvalue weighted by Gasteiger charge is 2.45. The van der Waals surface area contributed by atoms with E-state index in [1.807, 2.05) is 54.6 Å². The molecule has 6 nitrogen and oxygen atoms in total. The van der Waals surface area contributed by atoms with Crippen molar-refractivity contribution < 1.29 is 28.4 Å². The van der Waals surface area contributed by atoms with E-state index in [1.165, 1.54) is 0 Å². The molecule has 170 valence electrons. The van der Waals surface area contributed by atoms with Crippen LogP contribution >= 0.6 is 11.1 Å². The van der Waals surface area contributed by atoms with Crippen LogP contribution in [0, 0.1) is 0 Å². The lowest BCUT2D eigenvalue weighted by Gasteiger charge is -2.31. The number of hydrogen-bond acceptors (Lipinski definition) is 6. The fourth-order valence-electron chi connectivity index (χ4n) is 3.69. The standard InChI is InChI=1S/C24H27ClO6Si/c1-26-16-7-10-19(29-4)22(13-16)32(25,23-14-17(27-2)8-11-20(23)30-5)24-15-18(28-3)9-12-21(24)31-6/h7-15H,1-6H3. The third-order valence-corrected chi connectivity index (χ3v) is 10.6. The molecule has 0 radical (unpaired) electrons. The SMILES string of the molecule is COc1ccc(OC)c([Si](Cl)(c2cc(OC)ccc2OC)c2cc(OC)ccc2OC)c1. The van der Waals surface area contributed by atoms with E-state index in [9.17, 15) is 0 Å². The highest BCUT2D eigenvalue weighted by Crippen LogP contribution is 2.30. The molecule has 0 bridgehead atoms. The molecule has 3 aromatic rings. The Kier molecular flexibility index (Phi) is 7.43. The number of benzene rings is 3. The van der Waals surface area contributed by atoms with E-state index >= 15 is 0 Å². The van der Waals surface area contributed by atoms with Gasteiger partial charge in [0.1, 0.15) is 34.5 Å². The molecule has 0 fully saturated rings. The molecule has 8 heteroatoms. The fraction of sp³-hybridized carbons (Fsp3) is 0.250. The molecule has 0 aliphatic carbocycles. The summed E-state index contributed by atoms with van der Waals surface area (Å²) >= 11 is 7.79. The summed E-state index contributed by atoms with van der Waals surface area (Å²) in [6.07, 6.45) is 0. The van der Waals surface area contributed by atoms with E-state index in [1.54, 1.807) is 42.7 Å². The van der Waals surface area contributed by atoms with E-state index < -0.39 is 7.38 Å². The number of hydrogen-bond donors (Lipinski definition) is 0. The third-order valence-electron chi connectivity index (χ3n) is 5.33. The van der Waals surface area contributed by atoms with Gasteiger partial charge < -0.3 is 28.4 Å². The van der Waals surface area contributed by atoms with Crippen LogP contribution in [0.5, 0.6) is 34.5 Å². The van der Waals surface area contributed by atoms with Crippen molar-refractivity contribution in [3.8, 4) is 34.5 Å². The highest BCUT2D eigenvalue weighted by atomic mass is 35.6. The quantitative estimate of drug-likeness (QED) is 0.270. The Balaban J connectivity index is 2.50. The minimum atomic E-state index is -3.36. The minimum absolute atomic E-state index is 0.627. The summed E-state index contributed by atoms with van der Waals surface area (Å²) in [6.45, 7) is 0. The van der Waals surface area contributed by atoms with Gasteiger partial charge in [-0.1, -0.05) is 0 Å². The number of rotatable bonds is 9. The summed E-state index contributed by atoms with van der Waals surface area (Å²) < 4.78 is 33.8. The first-order chi connectivity index (χ1) is 15.5. The maximum absolute atomic E-state index is 7.79. The van der Waals surface area contributed by atoms with Crippen molar-refractivity contribution in [3.63, 3.8) is 0 Å². The second-order valence-electron chi connectivity index (χ2n) is 6.86. The Hall–Kier alpha value is -3.03. The summed E-state index contributed by atoms with van der Waals surface area (Å²) in [7, 11) is 6.32. The van der Waals surface area contributed by atoms with Crippen LogP contribution in [0.3, 0.4) is 0 Å². The Labute approximate surface area is 194 Å². The molecule has 32 heavy (non-hydrogen) atoms. The zero-order chi connectivity index (χ0) is 23.3. The van der Waals surface area contributed by atoms with Crippen LogP contribution in [-0.2, 0) is 0 Å². The van der Waals surface area contributed by atoms with Gasteiger partial charge in [-0.05, 0) is 54.6 Å². The molecular weight excluding hydrogens is 448 g/mol. The minimum Gasteiger partial charge on any atom is -0.497 e. The van der Waals surface area contributed by atoms with Gasteiger partial charge in [0, 0.05) is 15.6 Å². The lowest BCUT2D eigenvalue weighted by Crippen LogP contribution is -2.63. The molecule has 0 spiro atoms. The van der Waals surface area contributed by atoms with Gasteiger partial charge in [0.05, 0.1) is 42.7 Å². The Morgan fingerprint density at radius 3 is 0.969 bits per heavy atom. The van der Waals surface area contributed by atoms with Crippen LogP contribution in [-0.4, -0.2) is 50.0 Å². The van der Waals surface area contributed by atoms with Gasteiger partial charge in [-0.15, -0.1) is 11.1 Å². The van der Waals surface area contributed by atoms with Crippen molar-refractivity contribution >= 4 is 34.0 Å². The lowest BCUT2D eigenvalue weighted by atomic mass is 10.3. The molecule has 0 unspecified atom stereocenters. The maximum atomic E-state index is 7.79. The van der Waals surface area contributed by atoms with Gasteiger partial charge in [0.15, 0.2) is 0 Å². The van der Waals surface area contributed by atoms with Gasteiger partial charge in [-0.3, -0.25) is 0 Å². The summed E-state index contributed by atoms with van der Waals surface area (Å²) in [5.74, 6) is 3.85. The van der Waals surface area contributed by atoms with Crippen LogP contribution < -0.4 is 44.0 Å². The first-order valence-corrected chi connectivity index (χ1v) is 12.8. The molecule has 0 saturated carbocycles. The third kappa shape index (κ3) is 4.18. The van der Waals surface area contributed by atoms with Crippen LogP contribution in [0.15, 0.2) is 54.6 Å². The van der Waals surface area contributed by atoms with Gasteiger partial charge in [0.2, 0.25) is 0 Å². The Morgan fingerprint density at radius 2 is 0.750 bits per heavy atom. The predicted octanol–water partition coefficient (Wildman–Crippen LogP) is 2.94. The van der Waals surface area contributed by atoms with E-state index in [-0.39, 0.29) is 0 Å². The lowest BCUT2D eigenvalue weighted by molar-refractivity contribution is 0.404. The second-order valence-corrected chi connectivity index (χ2v) is 11.5. The van der Waals surface area contributed by atoms with Gasteiger partial charge in [-0.2, -0.15) is 0 Å². The molecule has 3 rings (SSSR count). The van der Waals surface area contributed by atoms with Gasteiger partial charge in [0.25, 0.3) is 7.38 Å². The van der Waals surface area contributed by atoms with Crippen molar-refractivity contribution in [3.05, 3.63) is 54.6 Å².